The molecule has 0 spiro atoms. The van der Waals surface area contributed by atoms with Gasteiger partial charge in [-0.3, -0.25) is 0 Å². The summed E-state index contributed by atoms with van der Waals surface area (Å²) in [6.07, 6.45) is 3.37. The van der Waals surface area contributed by atoms with Crippen LogP contribution in [0.15, 0.2) is 48.0 Å². The van der Waals surface area contributed by atoms with E-state index in [4.69, 9.17) is 4.74 Å². The highest BCUT2D eigenvalue weighted by Gasteiger charge is 2.14. The fourth-order valence-corrected chi connectivity index (χ4v) is 3.00. The first kappa shape index (κ1) is 15.1. The van der Waals surface area contributed by atoms with E-state index >= 15 is 0 Å². The highest BCUT2D eigenvalue weighted by atomic mass is 16.5. The molecule has 0 fully saturated rings. The van der Waals surface area contributed by atoms with Crippen LogP contribution in [-0.2, 0) is 17.8 Å². The third-order valence-corrected chi connectivity index (χ3v) is 4.05. The van der Waals surface area contributed by atoms with E-state index in [0.29, 0.717) is 12.5 Å². The van der Waals surface area contributed by atoms with Gasteiger partial charge in [-0.15, -0.1) is 0 Å². The fraction of sp³-hybridized carbons (Fsp3) is 0.333. The Hall–Kier alpha value is -1.86. The Balaban J connectivity index is 1.76. The van der Waals surface area contributed by atoms with E-state index < -0.39 is 0 Å². The van der Waals surface area contributed by atoms with Crippen molar-refractivity contribution in [1.29, 1.82) is 0 Å². The quantitative estimate of drug-likeness (QED) is 0.708. The smallest absolute Gasteiger partial charge is 0.0717 e. The van der Waals surface area contributed by atoms with Crippen molar-refractivity contribution in [2.75, 3.05) is 6.61 Å². The van der Waals surface area contributed by atoms with Crippen molar-refractivity contribution in [2.24, 2.45) is 5.92 Å². The number of benzene rings is 2. The Morgan fingerprint density at radius 2 is 1.82 bits per heavy atom. The predicted octanol–water partition coefficient (Wildman–Crippen LogP) is 5.49. The lowest BCUT2D eigenvalue weighted by atomic mass is 9.95. The number of hydrogen-bond acceptors (Lipinski definition) is 1. The molecule has 1 aliphatic carbocycles. The molecule has 2 aromatic rings. The van der Waals surface area contributed by atoms with Gasteiger partial charge in [0.05, 0.1) is 6.61 Å². The van der Waals surface area contributed by atoms with Crippen LogP contribution < -0.4 is 0 Å². The average Bonchev–Trinajstić information content (AvgIpc) is 2.87. The second-order valence-corrected chi connectivity index (χ2v) is 6.65. The van der Waals surface area contributed by atoms with Gasteiger partial charge >= 0.3 is 0 Å². The van der Waals surface area contributed by atoms with Crippen LogP contribution >= 0.6 is 0 Å². The third kappa shape index (κ3) is 3.31. The second kappa shape index (κ2) is 6.50. The lowest BCUT2D eigenvalue weighted by molar-refractivity contribution is 0.0971. The first-order valence-electron chi connectivity index (χ1n) is 8.09. The zero-order chi connectivity index (χ0) is 15.5. The van der Waals surface area contributed by atoms with Crippen molar-refractivity contribution in [1.82, 2.24) is 0 Å². The summed E-state index contributed by atoms with van der Waals surface area (Å²) in [7, 11) is 0. The number of allylic oxidation sites excluding steroid dienone is 1. The van der Waals surface area contributed by atoms with E-state index in [2.05, 4.69) is 69.3 Å². The molecule has 0 atom stereocenters. The van der Waals surface area contributed by atoms with Crippen LogP contribution in [0.1, 0.15) is 37.5 Å². The van der Waals surface area contributed by atoms with E-state index in [1.54, 1.807) is 0 Å². The summed E-state index contributed by atoms with van der Waals surface area (Å²) in [6, 6.07) is 15.4. The van der Waals surface area contributed by atoms with Crippen LogP contribution in [0.4, 0.5) is 0 Å². The van der Waals surface area contributed by atoms with E-state index in [-0.39, 0.29) is 0 Å². The number of fused-ring (bicyclic) bond motifs is 1. The van der Waals surface area contributed by atoms with E-state index in [1.807, 2.05) is 0 Å². The highest BCUT2D eigenvalue weighted by molar-refractivity contribution is 5.77. The second-order valence-electron chi connectivity index (χ2n) is 6.65. The molecule has 0 radical (unpaired) electrons. The minimum Gasteiger partial charge on any atom is -0.377 e. The molecule has 0 heterocycles. The molecule has 0 unspecified atom stereocenters. The zero-order valence-electron chi connectivity index (χ0n) is 13.7. The van der Waals surface area contributed by atoms with Crippen molar-refractivity contribution in [3.63, 3.8) is 0 Å². The summed E-state index contributed by atoms with van der Waals surface area (Å²) >= 11 is 0. The molecule has 22 heavy (non-hydrogen) atoms. The molecule has 3 rings (SSSR count). The molecule has 1 nitrogen and oxygen atoms in total. The number of ether oxygens (including phenoxy) is 1. The van der Waals surface area contributed by atoms with Gasteiger partial charge < -0.3 is 4.74 Å². The van der Waals surface area contributed by atoms with Crippen LogP contribution in [0.25, 0.3) is 17.2 Å². The molecule has 0 saturated heterocycles. The summed E-state index contributed by atoms with van der Waals surface area (Å²) in [4.78, 5) is 0. The van der Waals surface area contributed by atoms with Gasteiger partial charge in [-0.05, 0) is 47.1 Å². The van der Waals surface area contributed by atoms with Gasteiger partial charge in [-0.25, -0.2) is 0 Å². The van der Waals surface area contributed by atoms with E-state index in [0.717, 1.165) is 13.0 Å². The van der Waals surface area contributed by atoms with Crippen LogP contribution in [-0.4, -0.2) is 6.61 Å². The molecule has 0 saturated carbocycles. The maximum absolute atomic E-state index is 5.71. The van der Waals surface area contributed by atoms with Gasteiger partial charge in [-0.2, -0.15) is 0 Å². The Morgan fingerprint density at radius 1 is 1.05 bits per heavy atom. The average molecular weight is 292 g/mol. The topological polar surface area (TPSA) is 9.23 Å². The Bertz CT molecular complexity index is 678. The molecule has 114 valence electrons. The first-order valence-corrected chi connectivity index (χ1v) is 8.09. The molecule has 1 heteroatoms. The Labute approximate surface area is 133 Å². The van der Waals surface area contributed by atoms with Gasteiger partial charge in [0.1, 0.15) is 0 Å². The summed E-state index contributed by atoms with van der Waals surface area (Å²) < 4.78 is 5.71. The highest BCUT2D eigenvalue weighted by Crippen LogP contribution is 2.33. The van der Waals surface area contributed by atoms with Crippen molar-refractivity contribution < 1.29 is 4.74 Å². The van der Waals surface area contributed by atoms with Crippen molar-refractivity contribution in [3.05, 3.63) is 64.7 Å². The lowest BCUT2D eigenvalue weighted by Crippen LogP contribution is -2.01. The Kier molecular flexibility index (Phi) is 4.44. The SMILES string of the molecule is CC1=Cc2cccc(-c3ccc(COCC(C)C)cc3)c2C1. The van der Waals surface area contributed by atoms with Crippen LogP contribution in [0.2, 0.25) is 0 Å². The molecule has 0 bridgehead atoms. The maximum Gasteiger partial charge on any atom is 0.0717 e. The van der Waals surface area contributed by atoms with Gasteiger partial charge in [0.2, 0.25) is 0 Å². The van der Waals surface area contributed by atoms with Gasteiger partial charge in [0.15, 0.2) is 0 Å². The van der Waals surface area contributed by atoms with Crippen molar-refractivity contribution >= 4 is 6.08 Å². The molecule has 0 aliphatic heterocycles. The van der Waals surface area contributed by atoms with E-state index in [1.165, 1.54) is 33.4 Å². The van der Waals surface area contributed by atoms with E-state index in [9.17, 15) is 0 Å². The molecule has 0 amide bonds. The third-order valence-electron chi connectivity index (χ3n) is 4.05. The summed E-state index contributed by atoms with van der Waals surface area (Å²) in [5, 5.41) is 0. The van der Waals surface area contributed by atoms with Gasteiger partial charge in [0.25, 0.3) is 0 Å². The molecule has 0 N–H and O–H groups in total. The van der Waals surface area contributed by atoms with Crippen LogP contribution in [0.5, 0.6) is 0 Å². The number of rotatable bonds is 5. The van der Waals surface area contributed by atoms with Crippen LogP contribution in [0, 0.1) is 5.92 Å². The summed E-state index contributed by atoms with van der Waals surface area (Å²) in [6.45, 7) is 8.08. The van der Waals surface area contributed by atoms with Crippen molar-refractivity contribution in [2.45, 2.75) is 33.8 Å². The summed E-state index contributed by atoms with van der Waals surface area (Å²) in [5.41, 5.74) is 8.18. The van der Waals surface area contributed by atoms with Gasteiger partial charge in [0, 0.05) is 6.61 Å². The van der Waals surface area contributed by atoms with Gasteiger partial charge in [-0.1, -0.05) is 68.0 Å². The lowest BCUT2D eigenvalue weighted by Gasteiger charge is -2.11. The zero-order valence-corrected chi connectivity index (χ0v) is 13.7. The monoisotopic (exact) mass is 292 g/mol. The van der Waals surface area contributed by atoms with Crippen molar-refractivity contribution in [3.8, 4) is 11.1 Å². The molecular formula is C21H24O. The minimum atomic E-state index is 0.585. The Morgan fingerprint density at radius 3 is 2.55 bits per heavy atom. The first-order chi connectivity index (χ1) is 10.6. The standard InChI is InChI=1S/C21H24O/c1-15(2)13-22-14-17-7-9-18(10-8-17)20-6-4-5-19-11-16(3)12-21(19)20/h4-11,15H,12-14H2,1-3H3. The molecule has 0 aromatic heterocycles. The van der Waals surface area contributed by atoms with Crippen LogP contribution in [0.3, 0.4) is 0 Å². The molecule has 2 aromatic carbocycles. The summed E-state index contributed by atoms with van der Waals surface area (Å²) in [5.74, 6) is 0.585. The number of hydrogen-bond donors (Lipinski definition) is 0. The molecular weight excluding hydrogens is 268 g/mol. The minimum absolute atomic E-state index is 0.585. The fourth-order valence-electron chi connectivity index (χ4n) is 3.00. The predicted molar refractivity (Wildman–Crippen MR) is 93.7 cm³/mol. The maximum atomic E-state index is 5.71. The largest absolute Gasteiger partial charge is 0.377 e. The molecule has 1 aliphatic rings. The normalized spacial score (nSPS) is 13.4.